The van der Waals surface area contributed by atoms with Crippen molar-refractivity contribution in [3.63, 3.8) is 0 Å². The highest BCUT2D eigenvalue weighted by Gasteiger charge is 2.36. The van der Waals surface area contributed by atoms with Gasteiger partial charge in [-0.25, -0.2) is 0 Å². The fraction of sp³-hybridized carbons (Fsp3) is 0.333. The molecule has 0 fully saturated rings. The minimum absolute atomic E-state index is 0.235. The summed E-state index contributed by atoms with van der Waals surface area (Å²) in [6.45, 7) is 5.51. The standard InChI is InChI=1S/C21H25O5PS2/c1-4-25-20(22)18(16-12-8-6-9-13-16)28-27(3,24)29-19(21(23)26-5-2)17-14-10-7-11-15-17/h6-15,18-19H,4-5H2,1-3H3. The lowest BCUT2D eigenvalue weighted by Crippen LogP contribution is -2.14. The van der Waals surface area contributed by atoms with E-state index in [9.17, 15) is 14.2 Å². The Hall–Kier alpha value is -1.69. The van der Waals surface area contributed by atoms with E-state index in [0.717, 1.165) is 22.8 Å². The molecule has 29 heavy (non-hydrogen) atoms. The molecule has 0 aliphatic rings. The number of rotatable bonds is 10. The number of hydrogen-bond acceptors (Lipinski definition) is 7. The molecule has 2 rings (SSSR count). The third-order valence-corrected chi connectivity index (χ3v) is 11.0. The van der Waals surface area contributed by atoms with Crippen LogP contribution in [0.3, 0.4) is 0 Å². The molecule has 0 saturated heterocycles. The van der Waals surface area contributed by atoms with Gasteiger partial charge in [0.05, 0.1) is 13.2 Å². The summed E-state index contributed by atoms with van der Waals surface area (Å²) in [7, 11) is 0. The molecule has 0 aromatic heterocycles. The molecule has 0 aliphatic carbocycles. The zero-order valence-electron chi connectivity index (χ0n) is 16.6. The monoisotopic (exact) mass is 452 g/mol. The van der Waals surface area contributed by atoms with Crippen molar-refractivity contribution in [1.29, 1.82) is 0 Å². The molecule has 0 saturated carbocycles. The van der Waals surface area contributed by atoms with Gasteiger partial charge in [0.15, 0.2) is 5.55 Å². The van der Waals surface area contributed by atoms with Gasteiger partial charge in [0.1, 0.15) is 10.5 Å². The molecule has 2 aromatic carbocycles. The molecule has 0 aliphatic heterocycles. The van der Waals surface area contributed by atoms with E-state index in [0.29, 0.717) is 11.1 Å². The SMILES string of the molecule is CCOC(=O)C(SP(C)(=O)SC(C(=O)OCC)c1ccccc1)c1ccccc1. The molecule has 2 atom stereocenters. The van der Waals surface area contributed by atoms with Gasteiger partial charge >= 0.3 is 11.9 Å². The van der Waals surface area contributed by atoms with E-state index in [4.69, 9.17) is 9.47 Å². The van der Waals surface area contributed by atoms with E-state index in [2.05, 4.69) is 0 Å². The Kier molecular flexibility index (Phi) is 9.34. The summed E-state index contributed by atoms with van der Waals surface area (Å²) in [5.41, 5.74) is -1.63. The molecule has 0 amide bonds. The predicted molar refractivity (Wildman–Crippen MR) is 120 cm³/mol. The first-order valence-electron chi connectivity index (χ1n) is 9.25. The van der Waals surface area contributed by atoms with Crippen LogP contribution in [0.1, 0.15) is 35.5 Å². The third-order valence-electron chi connectivity index (χ3n) is 3.80. The number of hydrogen-bond donors (Lipinski definition) is 0. The van der Waals surface area contributed by atoms with Crippen LogP contribution in [0, 0.1) is 0 Å². The van der Waals surface area contributed by atoms with Crippen molar-refractivity contribution in [2.24, 2.45) is 0 Å². The number of benzene rings is 2. The summed E-state index contributed by atoms with van der Waals surface area (Å²) in [5, 5.41) is -1.48. The predicted octanol–water partition coefficient (Wildman–Crippen LogP) is 5.88. The van der Waals surface area contributed by atoms with Crippen LogP contribution in [-0.4, -0.2) is 31.8 Å². The molecule has 0 bridgehead atoms. The van der Waals surface area contributed by atoms with Crippen LogP contribution in [0.25, 0.3) is 0 Å². The van der Waals surface area contributed by atoms with Crippen molar-refractivity contribution in [3.05, 3.63) is 71.8 Å². The second-order valence-electron chi connectivity index (χ2n) is 6.07. The Morgan fingerprint density at radius 3 is 1.45 bits per heavy atom. The topological polar surface area (TPSA) is 69.7 Å². The van der Waals surface area contributed by atoms with Gasteiger partial charge in [0, 0.05) is 6.66 Å². The average Bonchev–Trinajstić information content (AvgIpc) is 2.72. The van der Waals surface area contributed by atoms with Gasteiger partial charge in [-0.2, -0.15) is 0 Å². The van der Waals surface area contributed by atoms with E-state index in [-0.39, 0.29) is 13.2 Å². The van der Waals surface area contributed by atoms with Crippen LogP contribution in [0.2, 0.25) is 0 Å². The van der Waals surface area contributed by atoms with Crippen molar-refractivity contribution < 1.29 is 23.6 Å². The van der Waals surface area contributed by atoms with Gasteiger partial charge in [-0.1, -0.05) is 83.4 Å². The van der Waals surface area contributed by atoms with Crippen LogP contribution >= 0.6 is 28.3 Å². The van der Waals surface area contributed by atoms with Crippen LogP contribution in [0.5, 0.6) is 0 Å². The minimum atomic E-state index is -3.06. The second-order valence-corrected chi connectivity index (χ2v) is 15.1. The molecular formula is C21H25O5PS2. The molecule has 5 nitrogen and oxygen atoms in total. The molecule has 0 radical (unpaired) electrons. The summed E-state index contributed by atoms with van der Waals surface area (Å²) < 4.78 is 23.9. The molecular weight excluding hydrogens is 427 g/mol. The highest BCUT2D eigenvalue weighted by Crippen LogP contribution is 2.73. The molecule has 2 aromatic rings. The van der Waals surface area contributed by atoms with Crippen LogP contribution in [0.4, 0.5) is 0 Å². The van der Waals surface area contributed by atoms with Crippen molar-refractivity contribution in [3.8, 4) is 0 Å². The van der Waals surface area contributed by atoms with Crippen molar-refractivity contribution >= 4 is 40.2 Å². The Morgan fingerprint density at radius 2 is 1.14 bits per heavy atom. The van der Waals surface area contributed by atoms with Crippen LogP contribution < -0.4 is 0 Å². The highest BCUT2D eigenvalue weighted by molar-refractivity contribution is 8.90. The molecule has 0 spiro atoms. The molecule has 2 unspecified atom stereocenters. The normalized spacial score (nSPS) is 15.0. The van der Waals surface area contributed by atoms with Crippen molar-refractivity contribution in [2.75, 3.05) is 19.9 Å². The van der Waals surface area contributed by atoms with Crippen molar-refractivity contribution in [1.82, 2.24) is 0 Å². The first-order valence-corrected chi connectivity index (χ1v) is 14.4. The summed E-state index contributed by atoms with van der Waals surface area (Å²) in [6, 6.07) is 18.2. The van der Waals surface area contributed by atoms with Gasteiger partial charge in [-0.05, 0) is 25.0 Å². The van der Waals surface area contributed by atoms with E-state index < -0.39 is 28.0 Å². The number of esters is 2. The fourth-order valence-electron chi connectivity index (χ4n) is 2.58. The van der Waals surface area contributed by atoms with E-state index in [1.165, 1.54) is 0 Å². The third kappa shape index (κ3) is 7.25. The largest absolute Gasteiger partial charge is 0.465 e. The average molecular weight is 453 g/mol. The summed E-state index contributed by atoms with van der Waals surface area (Å²) in [6.07, 6.45) is 0. The van der Waals surface area contributed by atoms with Crippen molar-refractivity contribution in [2.45, 2.75) is 24.3 Å². The van der Waals surface area contributed by atoms with Gasteiger partial charge in [-0.15, -0.1) is 0 Å². The molecule has 0 N–H and O–H groups in total. The lowest BCUT2D eigenvalue weighted by atomic mass is 10.1. The van der Waals surface area contributed by atoms with Gasteiger partial charge in [0.2, 0.25) is 0 Å². The number of carbonyl (C=O) groups is 2. The minimum Gasteiger partial charge on any atom is -0.465 e. The van der Waals surface area contributed by atoms with E-state index in [1.807, 2.05) is 36.4 Å². The maximum Gasteiger partial charge on any atom is 0.324 e. The molecule has 0 heterocycles. The molecule has 8 heteroatoms. The van der Waals surface area contributed by atoms with E-state index >= 15 is 0 Å². The summed E-state index contributed by atoms with van der Waals surface area (Å²) in [5.74, 6) is -0.891. The highest BCUT2D eigenvalue weighted by atomic mass is 33.1. The summed E-state index contributed by atoms with van der Waals surface area (Å²) in [4.78, 5) is 25.1. The zero-order valence-corrected chi connectivity index (χ0v) is 19.2. The van der Waals surface area contributed by atoms with Gasteiger partial charge < -0.3 is 14.0 Å². The zero-order chi connectivity index (χ0) is 21.3. The fourth-order valence-corrected chi connectivity index (χ4v) is 9.95. The first-order chi connectivity index (χ1) is 13.9. The number of ether oxygens (including phenoxy) is 2. The Morgan fingerprint density at radius 1 is 0.793 bits per heavy atom. The maximum absolute atomic E-state index is 13.5. The Bertz CT molecular complexity index is 777. The Balaban J connectivity index is 2.28. The number of carbonyl (C=O) groups excluding carboxylic acids is 2. The van der Waals surface area contributed by atoms with Gasteiger partial charge in [0.25, 0.3) is 0 Å². The first kappa shape index (κ1) is 23.6. The van der Waals surface area contributed by atoms with Crippen LogP contribution in [0.15, 0.2) is 60.7 Å². The second kappa shape index (κ2) is 11.5. The lowest BCUT2D eigenvalue weighted by molar-refractivity contribution is -0.143. The van der Waals surface area contributed by atoms with Gasteiger partial charge in [-0.3, -0.25) is 9.59 Å². The van der Waals surface area contributed by atoms with Crippen LogP contribution in [-0.2, 0) is 23.6 Å². The quantitative estimate of drug-likeness (QED) is 0.329. The smallest absolute Gasteiger partial charge is 0.324 e. The molecule has 156 valence electrons. The maximum atomic E-state index is 13.5. The summed E-state index contributed by atoms with van der Waals surface area (Å²) >= 11 is 2.09. The van der Waals surface area contributed by atoms with E-state index in [1.54, 1.807) is 44.8 Å². The lowest BCUT2D eigenvalue weighted by Gasteiger charge is -2.23. The Labute approximate surface area is 179 Å².